The molecule has 2 N–H and O–H groups in total. The number of carbonyl (C=O) groups excluding carboxylic acids is 1. The van der Waals surface area contributed by atoms with Gasteiger partial charge in [0.2, 0.25) is 5.91 Å². The van der Waals surface area contributed by atoms with Crippen molar-refractivity contribution in [3.63, 3.8) is 0 Å². The molecule has 0 radical (unpaired) electrons. The van der Waals surface area contributed by atoms with Crippen LogP contribution < -0.4 is 10.6 Å². The van der Waals surface area contributed by atoms with Crippen LogP contribution in [0.25, 0.3) is 21.6 Å². The molecule has 3 heterocycles. The van der Waals surface area contributed by atoms with Crippen molar-refractivity contribution in [3.8, 4) is 11.3 Å². The molecule has 1 fully saturated rings. The lowest BCUT2D eigenvalue weighted by Crippen LogP contribution is -2.12. The van der Waals surface area contributed by atoms with Gasteiger partial charge in [-0.25, -0.2) is 9.97 Å². The Hall–Kier alpha value is -2.31. The molecule has 24 heavy (non-hydrogen) atoms. The Balaban J connectivity index is 1.47. The van der Waals surface area contributed by atoms with Crippen LogP contribution >= 0.6 is 11.3 Å². The first-order valence-corrected chi connectivity index (χ1v) is 8.99. The van der Waals surface area contributed by atoms with Crippen LogP contribution in [0.3, 0.4) is 0 Å². The number of rotatable bonds is 3. The SMILES string of the molecule is O=C(Nc1nc2ccc(-c3ccc4c(c3)CNC4)nc2s1)C1CC1. The molecule has 0 spiro atoms. The van der Waals surface area contributed by atoms with Gasteiger partial charge < -0.3 is 10.6 Å². The van der Waals surface area contributed by atoms with Gasteiger partial charge in [0.25, 0.3) is 0 Å². The first-order chi connectivity index (χ1) is 11.8. The molecule has 1 aromatic carbocycles. The summed E-state index contributed by atoms with van der Waals surface area (Å²) in [6.07, 6.45) is 1.98. The summed E-state index contributed by atoms with van der Waals surface area (Å²) in [6, 6.07) is 10.5. The Labute approximate surface area is 143 Å². The topological polar surface area (TPSA) is 66.9 Å². The van der Waals surface area contributed by atoms with E-state index >= 15 is 0 Å². The van der Waals surface area contributed by atoms with Crippen LogP contribution in [-0.4, -0.2) is 15.9 Å². The van der Waals surface area contributed by atoms with Crippen LogP contribution in [0.2, 0.25) is 0 Å². The quantitative estimate of drug-likeness (QED) is 0.770. The molecule has 0 bridgehead atoms. The van der Waals surface area contributed by atoms with Gasteiger partial charge in [0.1, 0.15) is 10.3 Å². The van der Waals surface area contributed by atoms with E-state index in [4.69, 9.17) is 4.98 Å². The van der Waals surface area contributed by atoms with Crippen molar-refractivity contribution in [1.29, 1.82) is 0 Å². The molecule has 120 valence electrons. The fourth-order valence-electron chi connectivity index (χ4n) is 3.04. The Morgan fingerprint density at radius 3 is 2.88 bits per heavy atom. The average molecular weight is 336 g/mol. The highest BCUT2D eigenvalue weighted by Gasteiger charge is 2.30. The van der Waals surface area contributed by atoms with E-state index in [-0.39, 0.29) is 11.8 Å². The normalized spacial score (nSPS) is 16.3. The van der Waals surface area contributed by atoms with E-state index in [2.05, 4.69) is 33.8 Å². The van der Waals surface area contributed by atoms with Gasteiger partial charge in [0.05, 0.1) is 5.69 Å². The minimum atomic E-state index is 0.0837. The lowest BCUT2D eigenvalue weighted by atomic mass is 10.0. The smallest absolute Gasteiger partial charge is 0.229 e. The highest BCUT2D eigenvalue weighted by atomic mass is 32.1. The maximum atomic E-state index is 11.9. The number of thiazole rings is 1. The number of hydrogen-bond donors (Lipinski definition) is 2. The fraction of sp³-hybridized carbons (Fsp3) is 0.278. The van der Waals surface area contributed by atoms with E-state index in [1.807, 2.05) is 12.1 Å². The summed E-state index contributed by atoms with van der Waals surface area (Å²) in [5.74, 6) is 0.265. The highest BCUT2D eigenvalue weighted by Crippen LogP contribution is 2.33. The summed E-state index contributed by atoms with van der Waals surface area (Å²) < 4.78 is 0. The van der Waals surface area contributed by atoms with Gasteiger partial charge in [0.15, 0.2) is 5.13 Å². The largest absolute Gasteiger partial charge is 0.309 e. The molecule has 0 atom stereocenters. The second kappa shape index (κ2) is 5.36. The summed E-state index contributed by atoms with van der Waals surface area (Å²) >= 11 is 1.44. The lowest BCUT2D eigenvalue weighted by molar-refractivity contribution is -0.117. The maximum absolute atomic E-state index is 11.9. The van der Waals surface area contributed by atoms with E-state index in [9.17, 15) is 4.79 Å². The molecule has 2 aliphatic rings. The standard InChI is InChI=1S/C18H16N4OS/c23-16(10-1-2-10)22-18-21-15-6-5-14(20-17(15)24-18)11-3-4-12-8-19-9-13(12)7-11/h3-7,10,19H,1-2,8-9H2,(H,21,22,23). The third kappa shape index (κ3) is 2.48. The number of benzene rings is 1. The van der Waals surface area contributed by atoms with Gasteiger partial charge in [-0.3, -0.25) is 4.79 Å². The zero-order valence-corrected chi connectivity index (χ0v) is 13.8. The summed E-state index contributed by atoms with van der Waals surface area (Å²) in [4.78, 5) is 21.9. The zero-order chi connectivity index (χ0) is 16.1. The van der Waals surface area contributed by atoms with Crippen LogP contribution in [0, 0.1) is 5.92 Å². The van der Waals surface area contributed by atoms with Gasteiger partial charge in [-0.15, -0.1) is 0 Å². The predicted octanol–water partition coefficient (Wildman–Crippen LogP) is 3.31. The Bertz CT molecular complexity index is 961. The molecule has 6 heteroatoms. The number of nitrogens with one attached hydrogen (secondary N) is 2. The van der Waals surface area contributed by atoms with Crippen LogP contribution in [-0.2, 0) is 17.9 Å². The number of pyridine rings is 1. The Morgan fingerprint density at radius 1 is 1.12 bits per heavy atom. The molecule has 3 aromatic rings. The van der Waals surface area contributed by atoms with E-state index in [0.717, 1.165) is 47.5 Å². The van der Waals surface area contributed by atoms with Crippen molar-refractivity contribution in [2.24, 2.45) is 5.92 Å². The van der Waals surface area contributed by atoms with E-state index in [1.54, 1.807) is 0 Å². The number of fused-ring (bicyclic) bond motifs is 2. The number of hydrogen-bond acceptors (Lipinski definition) is 5. The number of carbonyl (C=O) groups is 1. The van der Waals surface area contributed by atoms with Gasteiger partial charge >= 0.3 is 0 Å². The monoisotopic (exact) mass is 336 g/mol. The summed E-state index contributed by atoms with van der Waals surface area (Å²) in [7, 11) is 0. The van der Waals surface area contributed by atoms with Gasteiger partial charge in [-0.1, -0.05) is 23.5 Å². The molecule has 1 aliphatic heterocycles. The van der Waals surface area contributed by atoms with E-state index in [0.29, 0.717) is 5.13 Å². The van der Waals surface area contributed by atoms with Gasteiger partial charge in [0, 0.05) is 24.6 Å². The first kappa shape index (κ1) is 14.1. The van der Waals surface area contributed by atoms with Crippen LogP contribution in [0.1, 0.15) is 24.0 Å². The number of nitrogens with zero attached hydrogens (tertiary/aromatic N) is 2. The molecule has 5 nitrogen and oxygen atoms in total. The first-order valence-electron chi connectivity index (χ1n) is 8.17. The predicted molar refractivity (Wildman–Crippen MR) is 94.7 cm³/mol. The van der Waals surface area contributed by atoms with Gasteiger partial charge in [-0.05, 0) is 42.2 Å². The van der Waals surface area contributed by atoms with Gasteiger partial charge in [-0.2, -0.15) is 0 Å². The zero-order valence-electron chi connectivity index (χ0n) is 13.0. The molecule has 0 saturated heterocycles. The molecule has 2 aromatic heterocycles. The number of amides is 1. The Morgan fingerprint density at radius 2 is 2.00 bits per heavy atom. The van der Waals surface area contributed by atoms with Crippen molar-refractivity contribution in [3.05, 3.63) is 41.5 Å². The lowest BCUT2D eigenvalue weighted by Gasteiger charge is -2.03. The van der Waals surface area contributed by atoms with E-state index in [1.165, 1.54) is 22.5 Å². The van der Waals surface area contributed by atoms with Crippen molar-refractivity contribution in [2.45, 2.75) is 25.9 Å². The molecule has 1 saturated carbocycles. The Kier molecular flexibility index (Phi) is 3.14. The fourth-order valence-corrected chi connectivity index (χ4v) is 3.88. The molecule has 0 unspecified atom stereocenters. The van der Waals surface area contributed by atoms with Crippen molar-refractivity contribution in [1.82, 2.24) is 15.3 Å². The highest BCUT2D eigenvalue weighted by molar-refractivity contribution is 7.22. The molecular weight excluding hydrogens is 320 g/mol. The molecule has 1 amide bonds. The number of aromatic nitrogens is 2. The summed E-state index contributed by atoms with van der Waals surface area (Å²) in [6.45, 7) is 1.87. The summed E-state index contributed by atoms with van der Waals surface area (Å²) in [5, 5.41) is 6.91. The second-order valence-corrected chi connectivity index (χ2v) is 7.37. The van der Waals surface area contributed by atoms with E-state index < -0.39 is 0 Å². The minimum absolute atomic E-state index is 0.0837. The maximum Gasteiger partial charge on any atom is 0.229 e. The van der Waals surface area contributed by atoms with Crippen LogP contribution in [0.15, 0.2) is 30.3 Å². The second-order valence-electron chi connectivity index (χ2n) is 6.39. The van der Waals surface area contributed by atoms with Crippen LogP contribution in [0.5, 0.6) is 0 Å². The number of anilines is 1. The molecular formula is C18H16N4OS. The summed E-state index contributed by atoms with van der Waals surface area (Å²) in [5.41, 5.74) is 5.61. The average Bonchev–Trinajstić information content (AvgIpc) is 3.21. The molecule has 5 rings (SSSR count). The van der Waals surface area contributed by atoms with Crippen molar-refractivity contribution >= 4 is 32.7 Å². The third-order valence-corrected chi connectivity index (χ3v) is 5.45. The molecule has 1 aliphatic carbocycles. The van der Waals surface area contributed by atoms with Crippen molar-refractivity contribution < 1.29 is 4.79 Å². The van der Waals surface area contributed by atoms with Crippen LogP contribution in [0.4, 0.5) is 5.13 Å². The van der Waals surface area contributed by atoms with Crippen molar-refractivity contribution in [2.75, 3.05) is 5.32 Å². The third-order valence-electron chi connectivity index (χ3n) is 4.57. The minimum Gasteiger partial charge on any atom is -0.309 e.